The van der Waals surface area contributed by atoms with Gasteiger partial charge in [-0.15, -0.1) is 0 Å². The van der Waals surface area contributed by atoms with Gasteiger partial charge >= 0.3 is 0 Å². The maximum Gasteiger partial charge on any atom is 0.0295 e. The van der Waals surface area contributed by atoms with Crippen molar-refractivity contribution in [3.63, 3.8) is 0 Å². The quantitative estimate of drug-likeness (QED) is 0.889. The van der Waals surface area contributed by atoms with Crippen LogP contribution in [0.1, 0.15) is 38.8 Å². The van der Waals surface area contributed by atoms with Gasteiger partial charge in [-0.05, 0) is 50.9 Å². The van der Waals surface area contributed by atoms with Gasteiger partial charge in [0, 0.05) is 37.1 Å². The fourth-order valence-corrected chi connectivity index (χ4v) is 2.84. The highest BCUT2D eigenvalue weighted by molar-refractivity contribution is 5.14. The number of rotatable bonds is 3. The molecular weight excluding hydrogens is 222 g/mol. The van der Waals surface area contributed by atoms with Gasteiger partial charge in [0.1, 0.15) is 0 Å². The Balaban J connectivity index is 1.97. The smallest absolute Gasteiger partial charge is 0.0295 e. The van der Waals surface area contributed by atoms with Gasteiger partial charge in [0.05, 0.1) is 0 Å². The minimum absolute atomic E-state index is 0.399. The van der Waals surface area contributed by atoms with E-state index in [-0.39, 0.29) is 0 Å². The molecule has 2 heterocycles. The molecule has 2 rings (SSSR count). The molecule has 0 spiro atoms. The van der Waals surface area contributed by atoms with Gasteiger partial charge in [0.25, 0.3) is 0 Å². The molecule has 0 bridgehead atoms. The monoisotopic (exact) mass is 247 g/mol. The third-order valence-electron chi connectivity index (χ3n) is 4.28. The first-order chi connectivity index (χ1) is 8.58. The van der Waals surface area contributed by atoms with Crippen LogP contribution in [0.25, 0.3) is 0 Å². The van der Waals surface area contributed by atoms with Gasteiger partial charge in [-0.2, -0.15) is 0 Å². The second-order valence-electron chi connectivity index (χ2n) is 5.78. The number of pyridine rings is 1. The predicted octanol–water partition coefficient (Wildman–Crippen LogP) is 2.46. The lowest BCUT2D eigenvalue weighted by Crippen LogP contribution is -2.51. The lowest BCUT2D eigenvalue weighted by Gasteiger charge is -2.41. The van der Waals surface area contributed by atoms with Crippen molar-refractivity contribution >= 4 is 0 Å². The Labute approximate surface area is 111 Å². The zero-order chi connectivity index (χ0) is 13.1. The topological polar surface area (TPSA) is 28.2 Å². The third-order valence-corrected chi connectivity index (χ3v) is 4.28. The van der Waals surface area contributed by atoms with Crippen LogP contribution in [0.2, 0.25) is 0 Å². The van der Waals surface area contributed by atoms with E-state index in [4.69, 9.17) is 0 Å². The van der Waals surface area contributed by atoms with Gasteiger partial charge in [-0.1, -0.05) is 6.92 Å². The second-order valence-corrected chi connectivity index (χ2v) is 5.78. The van der Waals surface area contributed by atoms with E-state index >= 15 is 0 Å². The zero-order valence-electron chi connectivity index (χ0n) is 11.9. The predicted molar refractivity (Wildman–Crippen MR) is 75.4 cm³/mol. The lowest BCUT2D eigenvalue weighted by molar-refractivity contribution is 0.116. The van der Waals surface area contributed by atoms with Crippen molar-refractivity contribution in [2.75, 3.05) is 13.6 Å². The molecule has 1 aliphatic heterocycles. The molecule has 4 unspecified atom stereocenters. The first kappa shape index (κ1) is 13.5. The van der Waals surface area contributed by atoms with Crippen LogP contribution in [0.5, 0.6) is 0 Å². The normalized spacial score (nSPS) is 31.2. The summed E-state index contributed by atoms with van der Waals surface area (Å²) in [5.74, 6) is 0.704. The van der Waals surface area contributed by atoms with Crippen LogP contribution in [0, 0.1) is 5.92 Å². The van der Waals surface area contributed by atoms with Crippen molar-refractivity contribution in [2.24, 2.45) is 5.92 Å². The summed E-state index contributed by atoms with van der Waals surface area (Å²) < 4.78 is 0. The average molecular weight is 247 g/mol. The van der Waals surface area contributed by atoms with E-state index < -0.39 is 0 Å². The fourth-order valence-electron chi connectivity index (χ4n) is 2.84. The van der Waals surface area contributed by atoms with Crippen LogP contribution in [-0.2, 0) is 0 Å². The Kier molecular flexibility index (Phi) is 4.36. The SMILES string of the molecule is CC(NC1CC(C)N(C)CC1C)c1ccncc1. The Morgan fingerprint density at radius 2 is 2.00 bits per heavy atom. The standard InChI is InChI=1S/C15H25N3/c1-11-10-18(4)12(2)9-15(11)17-13(3)14-5-7-16-8-6-14/h5-8,11-13,15,17H,9-10H2,1-4H3. The van der Waals surface area contributed by atoms with Crippen LogP contribution in [-0.4, -0.2) is 35.6 Å². The summed E-state index contributed by atoms with van der Waals surface area (Å²) in [6.07, 6.45) is 4.97. The molecule has 1 aromatic heterocycles. The number of hydrogen-bond acceptors (Lipinski definition) is 3. The summed E-state index contributed by atoms with van der Waals surface area (Å²) in [7, 11) is 2.23. The van der Waals surface area contributed by atoms with Crippen LogP contribution in [0.15, 0.2) is 24.5 Å². The van der Waals surface area contributed by atoms with E-state index in [1.54, 1.807) is 0 Å². The molecule has 4 atom stereocenters. The average Bonchev–Trinajstić information content (AvgIpc) is 2.37. The molecule has 0 aromatic carbocycles. The summed E-state index contributed by atoms with van der Waals surface area (Å²) in [5, 5.41) is 3.78. The molecule has 100 valence electrons. The summed E-state index contributed by atoms with van der Waals surface area (Å²) >= 11 is 0. The molecule has 3 heteroatoms. The first-order valence-corrected chi connectivity index (χ1v) is 6.94. The Morgan fingerprint density at radius 1 is 1.33 bits per heavy atom. The highest BCUT2D eigenvalue weighted by Gasteiger charge is 2.29. The van der Waals surface area contributed by atoms with Crippen LogP contribution in [0.3, 0.4) is 0 Å². The summed E-state index contributed by atoms with van der Waals surface area (Å²) in [6.45, 7) is 8.09. The molecule has 18 heavy (non-hydrogen) atoms. The minimum atomic E-state index is 0.399. The second kappa shape index (κ2) is 5.81. The third kappa shape index (κ3) is 3.09. The van der Waals surface area contributed by atoms with Crippen LogP contribution < -0.4 is 5.32 Å². The first-order valence-electron chi connectivity index (χ1n) is 6.94. The van der Waals surface area contributed by atoms with Crippen molar-refractivity contribution in [3.8, 4) is 0 Å². The van der Waals surface area contributed by atoms with E-state index in [0.29, 0.717) is 24.0 Å². The molecular formula is C15H25N3. The van der Waals surface area contributed by atoms with Gasteiger partial charge in [0.15, 0.2) is 0 Å². The molecule has 1 N–H and O–H groups in total. The molecule has 1 aliphatic rings. The van der Waals surface area contributed by atoms with Crippen molar-refractivity contribution in [1.82, 2.24) is 15.2 Å². The van der Waals surface area contributed by atoms with Gasteiger partial charge in [-0.3, -0.25) is 4.98 Å². The van der Waals surface area contributed by atoms with E-state index in [1.807, 2.05) is 12.4 Å². The molecule has 0 aliphatic carbocycles. The molecule has 1 saturated heterocycles. The zero-order valence-corrected chi connectivity index (χ0v) is 11.9. The highest BCUT2D eigenvalue weighted by Crippen LogP contribution is 2.23. The summed E-state index contributed by atoms with van der Waals surface area (Å²) in [5.41, 5.74) is 1.32. The summed E-state index contributed by atoms with van der Waals surface area (Å²) in [4.78, 5) is 6.54. The highest BCUT2D eigenvalue weighted by atomic mass is 15.2. The minimum Gasteiger partial charge on any atom is -0.307 e. The number of likely N-dealkylation sites (tertiary alicyclic amines) is 1. The molecule has 3 nitrogen and oxygen atoms in total. The van der Waals surface area contributed by atoms with Gasteiger partial charge < -0.3 is 10.2 Å². The largest absolute Gasteiger partial charge is 0.307 e. The van der Waals surface area contributed by atoms with Gasteiger partial charge in [0.2, 0.25) is 0 Å². The Bertz CT molecular complexity index is 365. The maximum absolute atomic E-state index is 4.08. The molecule has 0 amide bonds. The van der Waals surface area contributed by atoms with Crippen molar-refractivity contribution in [3.05, 3.63) is 30.1 Å². The van der Waals surface area contributed by atoms with Crippen molar-refractivity contribution in [1.29, 1.82) is 0 Å². The summed E-state index contributed by atoms with van der Waals surface area (Å²) in [6, 6.07) is 5.88. The number of piperidine rings is 1. The number of aromatic nitrogens is 1. The van der Waals surface area contributed by atoms with E-state index in [0.717, 1.165) is 0 Å². The number of nitrogens with one attached hydrogen (secondary N) is 1. The fraction of sp³-hybridized carbons (Fsp3) is 0.667. The Hall–Kier alpha value is -0.930. The molecule has 1 fully saturated rings. The van der Waals surface area contributed by atoms with Crippen molar-refractivity contribution < 1.29 is 0 Å². The molecule has 0 saturated carbocycles. The van der Waals surface area contributed by atoms with Crippen molar-refractivity contribution in [2.45, 2.75) is 45.3 Å². The van der Waals surface area contributed by atoms with E-state index in [1.165, 1.54) is 18.5 Å². The van der Waals surface area contributed by atoms with Gasteiger partial charge in [-0.25, -0.2) is 0 Å². The van der Waals surface area contributed by atoms with E-state index in [9.17, 15) is 0 Å². The number of nitrogens with zero attached hydrogens (tertiary/aromatic N) is 2. The number of hydrogen-bond donors (Lipinski definition) is 1. The molecule has 1 aromatic rings. The van der Waals surface area contributed by atoms with Crippen LogP contribution >= 0.6 is 0 Å². The lowest BCUT2D eigenvalue weighted by atomic mass is 9.89. The maximum atomic E-state index is 4.08. The Morgan fingerprint density at radius 3 is 2.67 bits per heavy atom. The van der Waals surface area contributed by atoms with E-state index in [2.05, 4.69) is 55.2 Å². The van der Waals surface area contributed by atoms with Crippen LogP contribution in [0.4, 0.5) is 0 Å². The molecule has 0 radical (unpaired) electrons.